The fourth-order valence-corrected chi connectivity index (χ4v) is 2.74. The van der Waals surface area contributed by atoms with E-state index in [0.717, 1.165) is 24.5 Å². The van der Waals surface area contributed by atoms with Crippen LogP contribution in [0.15, 0.2) is 42.5 Å². The van der Waals surface area contributed by atoms with Crippen LogP contribution in [0.5, 0.6) is 0 Å². The van der Waals surface area contributed by atoms with E-state index in [-0.39, 0.29) is 0 Å². The molecule has 0 saturated heterocycles. The fraction of sp³-hybridized carbons (Fsp3) is 0.316. The van der Waals surface area contributed by atoms with Crippen LogP contribution in [-0.4, -0.2) is 18.2 Å². The molecule has 4 heteroatoms. The van der Waals surface area contributed by atoms with Gasteiger partial charge in [0.25, 0.3) is 0 Å². The molecule has 2 aromatic rings. The zero-order valence-corrected chi connectivity index (χ0v) is 15.1. The Morgan fingerprint density at radius 2 is 1.61 bits per heavy atom. The van der Waals surface area contributed by atoms with Crippen molar-refractivity contribution >= 4 is 34.4 Å². The first-order chi connectivity index (χ1) is 11.0. The average Bonchev–Trinajstić information content (AvgIpc) is 2.54. The molecule has 0 unspecified atom stereocenters. The standard InChI is InChI=1S/C19H25N3S/c1-5-22(6-2)17-12-10-16(11-13-17)20-19(23)21-18-9-7-8-14(3)15(18)4/h7-13H,5-6H2,1-4H3,(H2,20,21,23). The second kappa shape index (κ2) is 7.97. The van der Waals surface area contributed by atoms with Crippen LogP contribution in [-0.2, 0) is 0 Å². The Kier molecular flexibility index (Phi) is 5.99. The monoisotopic (exact) mass is 327 g/mol. The maximum absolute atomic E-state index is 5.42. The third kappa shape index (κ3) is 4.45. The van der Waals surface area contributed by atoms with Crippen LogP contribution < -0.4 is 15.5 Å². The summed E-state index contributed by atoms with van der Waals surface area (Å²) in [4.78, 5) is 2.32. The molecule has 2 aromatic carbocycles. The number of hydrogen-bond donors (Lipinski definition) is 2. The van der Waals surface area contributed by atoms with Gasteiger partial charge in [-0.25, -0.2) is 0 Å². The molecule has 0 spiro atoms. The molecule has 0 saturated carbocycles. The van der Waals surface area contributed by atoms with Crippen molar-refractivity contribution in [3.05, 3.63) is 53.6 Å². The molecule has 0 aliphatic rings. The number of nitrogens with zero attached hydrogens (tertiary/aromatic N) is 1. The zero-order valence-electron chi connectivity index (χ0n) is 14.3. The molecule has 0 aliphatic carbocycles. The first-order valence-corrected chi connectivity index (χ1v) is 8.45. The molecule has 0 aromatic heterocycles. The van der Waals surface area contributed by atoms with Crippen LogP contribution in [0.3, 0.4) is 0 Å². The van der Waals surface area contributed by atoms with Crippen molar-refractivity contribution in [3.8, 4) is 0 Å². The van der Waals surface area contributed by atoms with Gasteiger partial charge >= 0.3 is 0 Å². The molecule has 0 heterocycles. The van der Waals surface area contributed by atoms with E-state index in [1.807, 2.05) is 12.1 Å². The zero-order chi connectivity index (χ0) is 16.8. The van der Waals surface area contributed by atoms with Crippen molar-refractivity contribution in [2.24, 2.45) is 0 Å². The molecule has 0 amide bonds. The molecule has 0 radical (unpaired) electrons. The van der Waals surface area contributed by atoms with E-state index in [9.17, 15) is 0 Å². The first-order valence-electron chi connectivity index (χ1n) is 8.04. The topological polar surface area (TPSA) is 27.3 Å². The second-order valence-corrected chi connectivity index (χ2v) is 5.95. The summed E-state index contributed by atoms with van der Waals surface area (Å²) in [6, 6.07) is 14.5. The van der Waals surface area contributed by atoms with Gasteiger partial charge in [0.1, 0.15) is 0 Å². The van der Waals surface area contributed by atoms with Crippen molar-refractivity contribution < 1.29 is 0 Å². The lowest BCUT2D eigenvalue weighted by molar-refractivity contribution is 0.866. The summed E-state index contributed by atoms with van der Waals surface area (Å²) in [6.45, 7) is 10.5. The molecule has 0 fully saturated rings. The normalized spacial score (nSPS) is 10.3. The van der Waals surface area contributed by atoms with Crippen LogP contribution in [0.2, 0.25) is 0 Å². The summed E-state index contributed by atoms with van der Waals surface area (Å²) in [5, 5.41) is 7.12. The summed E-state index contributed by atoms with van der Waals surface area (Å²) in [5.41, 5.74) is 5.73. The van der Waals surface area contributed by atoms with E-state index < -0.39 is 0 Å². The van der Waals surface area contributed by atoms with Gasteiger partial charge in [-0.3, -0.25) is 0 Å². The molecule has 0 bridgehead atoms. The largest absolute Gasteiger partial charge is 0.372 e. The molecule has 122 valence electrons. The molecule has 3 nitrogen and oxygen atoms in total. The van der Waals surface area contributed by atoms with Gasteiger partial charge in [0.05, 0.1) is 0 Å². The molecule has 23 heavy (non-hydrogen) atoms. The smallest absolute Gasteiger partial charge is 0.175 e. The van der Waals surface area contributed by atoms with Crippen LogP contribution in [0.4, 0.5) is 17.1 Å². The van der Waals surface area contributed by atoms with Gasteiger partial charge in [0, 0.05) is 30.2 Å². The number of benzene rings is 2. The van der Waals surface area contributed by atoms with Crippen LogP contribution >= 0.6 is 12.2 Å². The van der Waals surface area contributed by atoms with E-state index in [4.69, 9.17) is 12.2 Å². The number of anilines is 3. The highest BCUT2D eigenvalue weighted by molar-refractivity contribution is 7.80. The highest BCUT2D eigenvalue weighted by atomic mass is 32.1. The number of thiocarbonyl (C=S) groups is 1. The quantitative estimate of drug-likeness (QED) is 0.759. The highest BCUT2D eigenvalue weighted by Crippen LogP contribution is 2.20. The Hall–Kier alpha value is -2.07. The molecule has 0 aliphatic heterocycles. The SMILES string of the molecule is CCN(CC)c1ccc(NC(=S)Nc2cccc(C)c2C)cc1. The Bertz CT molecular complexity index is 661. The minimum atomic E-state index is 0.606. The number of rotatable bonds is 5. The van der Waals surface area contributed by atoms with Gasteiger partial charge in [-0.2, -0.15) is 0 Å². The lowest BCUT2D eigenvalue weighted by Gasteiger charge is -2.21. The Morgan fingerprint density at radius 1 is 0.957 bits per heavy atom. The van der Waals surface area contributed by atoms with E-state index in [1.165, 1.54) is 16.8 Å². The van der Waals surface area contributed by atoms with Crippen LogP contribution in [0.25, 0.3) is 0 Å². The van der Waals surface area contributed by atoms with Crippen molar-refractivity contribution in [1.29, 1.82) is 0 Å². The molecular weight excluding hydrogens is 302 g/mol. The van der Waals surface area contributed by atoms with Crippen molar-refractivity contribution in [1.82, 2.24) is 0 Å². The minimum Gasteiger partial charge on any atom is -0.372 e. The predicted molar refractivity (Wildman–Crippen MR) is 106 cm³/mol. The Balaban J connectivity index is 2.01. The van der Waals surface area contributed by atoms with Crippen LogP contribution in [0, 0.1) is 13.8 Å². The van der Waals surface area contributed by atoms with E-state index in [1.54, 1.807) is 0 Å². The summed E-state index contributed by atoms with van der Waals surface area (Å²) in [6.07, 6.45) is 0. The van der Waals surface area contributed by atoms with Gasteiger partial charge in [0.2, 0.25) is 0 Å². The molecule has 0 atom stereocenters. The van der Waals surface area contributed by atoms with E-state index in [0.29, 0.717) is 5.11 Å². The summed E-state index contributed by atoms with van der Waals surface area (Å²) in [7, 11) is 0. The maximum atomic E-state index is 5.42. The lowest BCUT2D eigenvalue weighted by atomic mass is 10.1. The summed E-state index contributed by atoms with van der Waals surface area (Å²) >= 11 is 5.42. The van der Waals surface area contributed by atoms with Gasteiger partial charge in [-0.05, 0) is 81.4 Å². The van der Waals surface area contributed by atoms with Crippen molar-refractivity contribution in [2.45, 2.75) is 27.7 Å². The third-order valence-corrected chi connectivity index (χ3v) is 4.31. The van der Waals surface area contributed by atoms with Crippen LogP contribution in [0.1, 0.15) is 25.0 Å². The van der Waals surface area contributed by atoms with Gasteiger partial charge in [0.15, 0.2) is 5.11 Å². The number of hydrogen-bond acceptors (Lipinski definition) is 2. The Labute approximate surface area is 144 Å². The number of aryl methyl sites for hydroxylation is 1. The lowest BCUT2D eigenvalue weighted by Crippen LogP contribution is -2.22. The summed E-state index contributed by atoms with van der Waals surface area (Å²) in [5.74, 6) is 0. The van der Waals surface area contributed by atoms with Gasteiger partial charge in [-0.15, -0.1) is 0 Å². The van der Waals surface area contributed by atoms with E-state index >= 15 is 0 Å². The minimum absolute atomic E-state index is 0.606. The third-order valence-electron chi connectivity index (χ3n) is 4.11. The average molecular weight is 327 g/mol. The fourth-order valence-electron chi connectivity index (χ4n) is 2.52. The number of nitrogens with one attached hydrogen (secondary N) is 2. The molecular formula is C19H25N3S. The van der Waals surface area contributed by atoms with Gasteiger partial charge in [-0.1, -0.05) is 12.1 Å². The predicted octanol–water partition coefficient (Wildman–Crippen LogP) is 4.96. The second-order valence-electron chi connectivity index (χ2n) is 5.55. The van der Waals surface area contributed by atoms with Crippen molar-refractivity contribution in [3.63, 3.8) is 0 Å². The maximum Gasteiger partial charge on any atom is 0.175 e. The first kappa shape index (κ1) is 17.3. The van der Waals surface area contributed by atoms with Gasteiger partial charge < -0.3 is 15.5 Å². The Morgan fingerprint density at radius 3 is 2.22 bits per heavy atom. The molecule has 2 rings (SSSR count). The summed E-state index contributed by atoms with van der Waals surface area (Å²) < 4.78 is 0. The molecule has 2 N–H and O–H groups in total. The van der Waals surface area contributed by atoms with E-state index in [2.05, 4.69) is 73.6 Å². The highest BCUT2D eigenvalue weighted by Gasteiger charge is 2.05. The van der Waals surface area contributed by atoms with Crippen molar-refractivity contribution in [2.75, 3.05) is 28.6 Å².